The van der Waals surface area contributed by atoms with E-state index in [9.17, 15) is 22.0 Å². The van der Waals surface area contributed by atoms with Gasteiger partial charge in [0.15, 0.2) is 5.82 Å². The van der Waals surface area contributed by atoms with Crippen LogP contribution in [0.15, 0.2) is 66.5 Å². The molecule has 3 aromatic heterocycles. The fourth-order valence-electron chi connectivity index (χ4n) is 4.60. The van der Waals surface area contributed by atoms with Crippen molar-refractivity contribution in [3.05, 3.63) is 72.2 Å². The topological polar surface area (TPSA) is 80.7 Å². The number of hydrogen-bond acceptors (Lipinski definition) is 5. The number of rotatable bonds is 7. The predicted octanol–water partition coefficient (Wildman–Crippen LogP) is 7.61. The minimum absolute atomic E-state index is 0.0305. The number of alkyl halides is 5. The summed E-state index contributed by atoms with van der Waals surface area (Å²) in [4.78, 5) is 14.8. The molecule has 0 saturated carbocycles. The second kappa shape index (κ2) is 10.4. The minimum atomic E-state index is -4.54. The Labute approximate surface area is 226 Å². The molecule has 1 aliphatic carbocycles. The first-order valence-electron chi connectivity index (χ1n) is 12.7. The smallest absolute Gasteiger partial charge is 0.432 e. The van der Waals surface area contributed by atoms with Crippen molar-refractivity contribution < 1.29 is 26.7 Å². The fourth-order valence-corrected chi connectivity index (χ4v) is 4.60. The Kier molecular flexibility index (Phi) is 7.11. The van der Waals surface area contributed by atoms with Crippen LogP contribution in [0.25, 0.3) is 22.6 Å². The van der Waals surface area contributed by atoms with Gasteiger partial charge < -0.3 is 19.6 Å². The van der Waals surface area contributed by atoms with E-state index in [2.05, 4.69) is 20.3 Å². The highest BCUT2D eigenvalue weighted by molar-refractivity contribution is 5.80. The molecule has 0 saturated heterocycles. The maximum Gasteiger partial charge on any atom is 0.432 e. The van der Waals surface area contributed by atoms with Crippen LogP contribution in [-0.2, 0) is 12.7 Å². The molecule has 3 heterocycles. The number of imidazole rings is 2. The number of H-pyrrole nitrogens is 1. The lowest BCUT2D eigenvalue weighted by Crippen LogP contribution is -2.26. The van der Waals surface area contributed by atoms with E-state index in [1.54, 1.807) is 30.4 Å². The molecule has 0 radical (unpaired) electrons. The number of nitrogens with zero attached hydrogens (tertiary/aromatic N) is 4. The number of aryl methyl sites for hydroxylation is 1. The number of aromatic amines is 1. The Morgan fingerprint density at radius 1 is 1.10 bits per heavy atom. The van der Waals surface area contributed by atoms with Gasteiger partial charge in [-0.05, 0) is 43.0 Å². The fraction of sp³-hybridized carbons (Fsp3) is 0.321. The zero-order valence-electron chi connectivity index (χ0n) is 21.9. The van der Waals surface area contributed by atoms with Crippen molar-refractivity contribution in [2.75, 3.05) is 5.32 Å². The molecule has 40 heavy (non-hydrogen) atoms. The summed E-state index contributed by atoms with van der Waals surface area (Å²) in [5, 5.41) is 3.39. The van der Waals surface area contributed by atoms with Gasteiger partial charge in [-0.25, -0.2) is 18.7 Å². The van der Waals surface area contributed by atoms with E-state index in [0.29, 0.717) is 35.7 Å². The van der Waals surface area contributed by atoms with Gasteiger partial charge in [-0.2, -0.15) is 13.2 Å². The van der Waals surface area contributed by atoms with E-state index in [0.717, 1.165) is 12.4 Å². The number of benzene rings is 1. The van der Waals surface area contributed by atoms with Crippen LogP contribution in [0.2, 0.25) is 0 Å². The standard InChI is InChI=1S/C28H27F5N6O/c1-4-39-23-9-8-18(40-19-10-11-34-22(14-19)25-35-15-24(38-25)28(31,32)33)13-21(23)37-26(39)36-20-7-5-6-17(12-16(20)2)27(3,29)30/h5,7-16,20H,4,6H2,1-3H3,(H,35,38)(H,36,37). The normalized spacial score (nSPS) is 18.1. The zero-order valence-corrected chi connectivity index (χ0v) is 21.9. The van der Waals surface area contributed by atoms with E-state index in [-0.39, 0.29) is 35.5 Å². The van der Waals surface area contributed by atoms with E-state index in [1.807, 2.05) is 30.6 Å². The molecule has 0 bridgehead atoms. The Balaban J connectivity index is 1.38. The monoisotopic (exact) mass is 558 g/mol. The molecule has 1 aliphatic rings. The lowest BCUT2D eigenvalue weighted by Gasteiger charge is -2.21. The summed E-state index contributed by atoms with van der Waals surface area (Å²) < 4.78 is 74.6. The number of anilines is 1. The highest BCUT2D eigenvalue weighted by atomic mass is 19.4. The second-order valence-electron chi connectivity index (χ2n) is 9.69. The van der Waals surface area contributed by atoms with E-state index >= 15 is 0 Å². The van der Waals surface area contributed by atoms with Crippen LogP contribution in [-0.4, -0.2) is 36.5 Å². The first kappa shape index (κ1) is 27.4. The maximum absolute atomic E-state index is 13.9. The summed E-state index contributed by atoms with van der Waals surface area (Å²) >= 11 is 0. The summed E-state index contributed by atoms with van der Waals surface area (Å²) in [6.45, 7) is 5.40. The number of ether oxygens (including phenoxy) is 1. The molecule has 210 valence electrons. The molecular weight excluding hydrogens is 531 g/mol. The molecule has 0 amide bonds. The zero-order chi connectivity index (χ0) is 28.7. The van der Waals surface area contributed by atoms with Gasteiger partial charge in [-0.3, -0.25) is 4.98 Å². The molecule has 7 nitrogen and oxygen atoms in total. The summed E-state index contributed by atoms with van der Waals surface area (Å²) in [7, 11) is 0. The van der Waals surface area contributed by atoms with Gasteiger partial charge in [0.2, 0.25) is 5.95 Å². The molecule has 0 aliphatic heterocycles. The minimum Gasteiger partial charge on any atom is -0.457 e. The number of hydrogen-bond donors (Lipinski definition) is 2. The summed E-state index contributed by atoms with van der Waals surface area (Å²) in [6, 6.07) is 8.22. The third-order valence-corrected chi connectivity index (χ3v) is 6.70. The maximum atomic E-state index is 13.9. The van der Waals surface area contributed by atoms with E-state index in [4.69, 9.17) is 9.72 Å². The number of fused-ring (bicyclic) bond motifs is 1. The molecular formula is C28H27F5N6O. The number of halogens is 5. The van der Waals surface area contributed by atoms with Crippen molar-refractivity contribution in [1.82, 2.24) is 24.5 Å². The van der Waals surface area contributed by atoms with Gasteiger partial charge in [0.1, 0.15) is 22.9 Å². The van der Waals surface area contributed by atoms with Crippen LogP contribution >= 0.6 is 0 Å². The van der Waals surface area contributed by atoms with Gasteiger partial charge >= 0.3 is 6.18 Å². The summed E-state index contributed by atoms with van der Waals surface area (Å²) in [5.41, 5.74) is 0.826. The highest BCUT2D eigenvalue weighted by Crippen LogP contribution is 2.33. The van der Waals surface area contributed by atoms with Crippen molar-refractivity contribution in [3.63, 3.8) is 0 Å². The summed E-state index contributed by atoms with van der Waals surface area (Å²) in [6.07, 6.45) is 3.06. The van der Waals surface area contributed by atoms with Crippen molar-refractivity contribution in [2.45, 2.75) is 51.9 Å². The second-order valence-corrected chi connectivity index (χ2v) is 9.69. The first-order chi connectivity index (χ1) is 18.9. The molecule has 0 fully saturated rings. The number of aromatic nitrogens is 5. The quantitative estimate of drug-likeness (QED) is 0.180. The van der Waals surface area contributed by atoms with Crippen LogP contribution in [0.1, 0.15) is 32.9 Å². The third kappa shape index (κ3) is 5.70. The Hall–Kier alpha value is -4.22. The SMILES string of the molecule is CCn1c(NC2C=CCC(C(C)(F)F)=CC2C)nc2cc(Oc3ccnc(-c4ncc(C(F)(F)F)[nH]4)c3)ccc21. The summed E-state index contributed by atoms with van der Waals surface area (Å²) in [5.74, 6) is -1.67. The number of pyridine rings is 1. The molecule has 4 aromatic rings. The van der Waals surface area contributed by atoms with Crippen molar-refractivity contribution >= 4 is 17.0 Å². The highest BCUT2D eigenvalue weighted by Gasteiger charge is 2.33. The van der Waals surface area contributed by atoms with Crippen LogP contribution in [0.5, 0.6) is 11.5 Å². The van der Waals surface area contributed by atoms with Crippen LogP contribution < -0.4 is 10.1 Å². The molecule has 2 atom stereocenters. The molecule has 1 aromatic carbocycles. The first-order valence-corrected chi connectivity index (χ1v) is 12.7. The van der Waals surface area contributed by atoms with E-state index < -0.39 is 17.8 Å². The van der Waals surface area contributed by atoms with Crippen LogP contribution in [0.3, 0.4) is 0 Å². The predicted molar refractivity (Wildman–Crippen MR) is 141 cm³/mol. The average Bonchev–Trinajstić information content (AvgIpc) is 3.47. The molecule has 5 rings (SSSR count). The van der Waals surface area contributed by atoms with Gasteiger partial charge in [0.05, 0.1) is 23.3 Å². The molecule has 2 N–H and O–H groups in total. The third-order valence-electron chi connectivity index (χ3n) is 6.70. The van der Waals surface area contributed by atoms with Crippen LogP contribution in [0, 0.1) is 5.92 Å². The van der Waals surface area contributed by atoms with E-state index in [1.165, 1.54) is 12.3 Å². The van der Waals surface area contributed by atoms with Crippen LogP contribution in [0.4, 0.5) is 27.9 Å². The van der Waals surface area contributed by atoms with Crippen molar-refractivity contribution in [2.24, 2.45) is 5.92 Å². The number of allylic oxidation sites excluding steroid dienone is 2. The van der Waals surface area contributed by atoms with Gasteiger partial charge in [0, 0.05) is 31.8 Å². The molecule has 2 unspecified atom stereocenters. The molecule has 12 heteroatoms. The van der Waals surface area contributed by atoms with Crippen molar-refractivity contribution in [3.8, 4) is 23.0 Å². The van der Waals surface area contributed by atoms with Gasteiger partial charge in [-0.15, -0.1) is 0 Å². The largest absolute Gasteiger partial charge is 0.457 e. The lowest BCUT2D eigenvalue weighted by atomic mass is 9.98. The number of nitrogens with one attached hydrogen (secondary N) is 2. The Morgan fingerprint density at radius 3 is 2.58 bits per heavy atom. The van der Waals surface area contributed by atoms with Gasteiger partial charge in [0.25, 0.3) is 5.92 Å². The molecule has 0 spiro atoms. The lowest BCUT2D eigenvalue weighted by molar-refractivity contribution is -0.140. The Morgan fingerprint density at radius 2 is 1.88 bits per heavy atom. The van der Waals surface area contributed by atoms with Crippen molar-refractivity contribution in [1.29, 1.82) is 0 Å². The van der Waals surface area contributed by atoms with Gasteiger partial charge in [-0.1, -0.05) is 25.2 Å². The average molecular weight is 559 g/mol. The Bertz CT molecular complexity index is 1580.